The number of ether oxygens (including phenoxy) is 1. The summed E-state index contributed by atoms with van der Waals surface area (Å²) in [4.78, 5) is 12.2. The summed E-state index contributed by atoms with van der Waals surface area (Å²) in [6, 6.07) is 11.1. The number of sulfonamides is 1. The van der Waals surface area contributed by atoms with Crippen LogP contribution >= 0.6 is 0 Å². The third-order valence-electron chi connectivity index (χ3n) is 3.28. The van der Waals surface area contributed by atoms with E-state index in [4.69, 9.17) is 10.00 Å². The molecule has 2 rings (SSSR count). The molecule has 142 valence electrons. The van der Waals surface area contributed by atoms with Gasteiger partial charge >= 0.3 is 15.5 Å². The number of benzene rings is 2. The second-order valence-electron chi connectivity index (χ2n) is 5.11. The minimum atomic E-state index is -5.61. The van der Waals surface area contributed by atoms with Crippen LogP contribution in [0, 0.1) is 11.3 Å². The zero-order valence-electron chi connectivity index (χ0n) is 13.7. The van der Waals surface area contributed by atoms with Crippen LogP contribution in [0.3, 0.4) is 0 Å². The van der Waals surface area contributed by atoms with Gasteiger partial charge in [0.05, 0.1) is 24.4 Å². The summed E-state index contributed by atoms with van der Waals surface area (Å²) < 4.78 is 66.1. The summed E-state index contributed by atoms with van der Waals surface area (Å²) in [5.41, 5.74) is -5.15. The molecule has 0 aliphatic heterocycles. The molecule has 0 saturated heterocycles. The molecule has 11 heteroatoms. The zero-order chi connectivity index (χ0) is 20.2. The number of hydrogen-bond acceptors (Lipinski definition) is 5. The van der Waals surface area contributed by atoms with Gasteiger partial charge in [-0.1, -0.05) is 0 Å². The Kier molecular flexibility index (Phi) is 5.61. The van der Waals surface area contributed by atoms with Crippen molar-refractivity contribution in [3.8, 4) is 11.8 Å². The van der Waals surface area contributed by atoms with E-state index < -0.39 is 27.1 Å². The monoisotopic (exact) mass is 399 g/mol. The Balaban J connectivity index is 2.22. The van der Waals surface area contributed by atoms with Crippen LogP contribution in [-0.4, -0.2) is 26.9 Å². The highest BCUT2D eigenvalue weighted by Crippen LogP contribution is 2.32. The van der Waals surface area contributed by atoms with E-state index in [9.17, 15) is 26.4 Å². The van der Waals surface area contributed by atoms with Crippen LogP contribution in [0.5, 0.6) is 5.75 Å². The molecule has 2 N–H and O–H groups in total. The van der Waals surface area contributed by atoms with Gasteiger partial charge in [0.15, 0.2) is 0 Å². The number of anilines is 2. The minimum Gasteiger partial charge on any atom is -0.494 e. The lowest BCUT2D eigenvalue weighted by molar-refractivity contribution is -0.0429. The Hall–Kier alpha value is -3.26. The largest absolute Gasteiger partial charge is 0.516 e. The average Bonchev–Trinajstić information content (AvgIpc) is 2.61. The molecule has 0 aromatic heterocycles. The zero-order valence-corrected chi connectivity index (χ0v) is 14.5. The fourth-order valence-electron chi connectivity index (χ4n) is 1.96. The number of amides is 1. The van der Waals surface area contributed by atoms with Crippen LogP contribution in [0.15, 0.2) is 42.5 Å². The van der Waals surface area contributed by atoms with Crippen molar-refractivity contribution in [2.24, 2.45) is 0 Å². The van der Waals surface area contributed by atoms with Crippen molar-refractivity contribution in [1.82, 2.24) is 0 Å². The number of carbonyl (C=O) groups excluding carboxylic acids is 1. The first kappa shape index (κ1) is 20.1. The van der Waals surface area contributed by atoms with Crippen LogP contribution in [0.4, 0.5) is 24.5 Å². The summed E-state index contributed by atoms with van der Waals surface area (Å²) in [6.07, 6.45) is 0. The number of alkyl halides is 3. The highest BCUT2D eigenvalue weighted by molar-refractivity contribution is 7.93. The normalized spacial score (nSPS) is 11.4. The van der Waals surface area contributed by atoms with Crippen molar-refractivity contribution in [1.29, 1.82) is 5.26 Å². The fourth-order valence-corrected chi connectivity index (χ4v) is 2.53. The van der Waals surface area contributed by atoms with Crippen molar-refractivity contribution in [2.75, 3.05) is 17.1 Å². The second-order valence-corrected chi connectivity index (χ2v) is 6.78. The highest BCUT2D eigenvalue weighted by Gasteiger charge is 2.46. The number of nitrogens with zero attached hydrogens (tertiary/aromatic N) is 1. The average molecular weight is 399 g/mol. The smallest absolute Gasteiger partial charge is 0.494 e. The van der Waals surface area contributed by atoms with Gasteiger partial charge in [0, 0.05) is 17.3 Å². The van der Waals surface area contributed by atoms with Crippen LogP contribution in [0.25, 0.3) is 0 Å². The van der Waals surface area contributed by atoms with E-state index in [-0.39, 0.29) is 17.0 Å². The molecule has 2 aromatic rings. The Bertz CT molecular complexity index is 997. The van der Waals surface area contributed by atoms with Crippen LogP contribution in [0.1, 0.15) is 15.9 Å². The third kappa shape index (κ3) is 4.68. The van der Waals surface area contributed by atoms with E-state index in [1.54, 1.807) is 0 Å². The highest BCUT2D eigenvalue weighted by atomic mass is 32.2. The third-order valence-corrected chi connectivity index (χ3v) is 4.38. The van der Waals surface area contributed by atoms with Gasteiger partial charge in [-0.25, -0.2) is 0 Å². The van der Waals surface area contributed by atoms with Crippen molar-refractivity contribution < 1.29 is 31.1 Å². The summed E-state index contributed by atoms with van der Waals surface area (Å²) in [6.45, 7) is 0. The summed E-state index contributed by atoms with van der Waals surface area (Å²) >= 11 is 0. The molecular weight excluding hydrogens is 387 g/mol. The van der Waals surface area contributed by atoms with Crippen molar-refractivity contribution >= 4 is 27.3 Å². The molecule has 27 heavy (non-hydrogen) atoms. The number of halogens is 3. The Morgan fingerprint density at radius 1 is 1.15 bits per heavy atom. The van der Waals surface area contributed by atoms with E-state index in [2.05, 4.69) is 5.32 Å². The van der Waals surface area contributed by atoms with Crippen molar-refractivity contribution in [3.05, 3.63) is 53.6 Å². The second kappa shape index (κ2) is 7.55. The van der Waals surface area contributed by atoms with E-state index >= 15 is 0 Å². The molecule has 7 nitrogen and oxygen atoms in total. The lowest BCUT2D eigenvalue weighted by Gasteiger charge is -2.15. The maximum atomic E-state index is 12.5. The first-order valence-corrected chi connectivity index (χ1v) is 8.64. The Morgan fingerprint density at radius 2 is 1.78 bits per heavy atom. The number of carbonyl (C=O) groups is 1. The Morgan fingerprint density at radius 3 is 2.30 bits per heavy atom. The van der Waals surface area contributed by atoms with Crippen molar-refractivity contribution in [3.63, 3.8) is 0 Å². The van der Waals surface area contributed by atoms with Crippen LogP contribution in [0.2, 0.25) is 0 Å². The van der Waals surface area contributed by atoms with Crippen LogP contribution < -0.4 is 14.8 Å². The number of methoxy groups -OCH3 is 1. The summed E-state index contributed by atoms with van der Waals surface area (Å²) in [7, 11) is -4.48. The van der Waals surface area contributed by atoms with Gasteiger partial charge in [-0.2, -0.15) is 26.9 Å². The van der Waals surface area contributed by atoms with Gasteiger partial charge in [0.1, 0.15) is 5.75 Å². The molecule has 1 amide bonds. The topological polar surface area (TPSA) is 108 Å². The van der Waals surface area contributed by atoms with Gasteiger partial charge in [0.25, 0.3) is 5.91 Å². The van der Waals surface area contributed by atoms with Crippen LogP contribution in [-0.2, 0) is 10.0 Å². The van der Waals surface area contributed by atoms with Gasteiger partial charge in [-0.05, 0) is 36.4 Å². The summed E-state index contributed by atoms with van der Waals surface area (Å²) in [5, 5.41) is 11.2. The van der Waals surface area contributed by atoms with E-state index in [0.717, 1.165) is 19.2 Å². The standard InChI is InChI=1S/C16H12F3N3O4S/c1-26-14-8-12(6-7-13(14)22-27(24,25)16(17,18)19)21-15(23)11-4-2-10(9-20)3-5-11/h2-8,22H,1H3,(H,21,23). The maximum Gasteiger partial charge on any atom is 0.516 e. The van der Waals surface area contributed by atoms with Crippen molar-refractivity contribution in [2.45, 2.75) is 5.51 Å². The first-order chi connectivity index (χ1) is 12.6. The Labute approximate surface area is 152 Å². The number of rotatable bonds is 5. The molecule has 0 aliphatic rings. The number of nitrogens with one attached hydrogen (secondary N) is 2. The van der Waals surface area contributed by atoms with Gasteiger partial charge in [0.2, 0.25) is 0 Å². The first-order valence-electron chi connectivity index (χ1n) is 7.16. The van der Waals surface area contributed by atoms with E-state index in [1.807, 2.05) is 6.07 Å². The molecule has 2 aromatic carbocycles. The minimum absolute atomic E-state index is 0.163. The van der Waals surface area contributed by atoms with Gasteiger partial charge in [-0.3, -0.25) is 9.52 Å². The SMILES string of the molecule is COc1cc(NC(=O)c2ccc(C#N)cc2)ccc1NS(=O)(=O)C(F)(F)F. The fraction of sp³-hybridized carbons (Fsp3) is 0.125. The molecule has 0 heterocycles. The molecule has 0 radical (unpaired) electrons. The predicted molar refractivity (Wildman–Crippen MR) is 90.7 cm³/mol. The molecular formula is C16H12F3N3O4S. The number of nitriles is 1. The summed E-state index contributed by atoms with van der Waals surface area (Å²) in [5.74, 6) is -0.759. The quantitative estimate of drug-likeness (QED) is 0.803. The molecule has 0 fully saturated rings. The molecule has 0 bridgehead atoms. The lowest BCUT2D eigenvalue weighted by atomic mass is 10.1. The molecule has 0 spiro atoms. The van der Waals surface area contributed by atoms with Gasteiger partial charge < -0.3 is 10.1 Å². The van der Waals surface area contributed by atoms with E-state index in [1.165, 1.54) is 35.1 Å². The molecule has 0 aliphatic carbocycles. The maximum absolute atomic E-state index is 12.5. The lowest BCUT2D eigenvalue weighted by Crippen LogP contribution is -2.30. The molecule has 0 atom stereocenters. The van der Waals surface area contributed by atoms with Gasteiger partial charge in [-0.15, -0.1) is 0 Å². The molecule has 0 saturated carbocycles. The number of hydrogen-bond donors (Lipinski definition) is 2. The molecule has 0 unspecified atom stereocenters. The predicted octanol–water partition coefficient (Wildman–Crippen LogP) is 3.08. The van der Waals surface area contributed by atoms with E-state index in [0.29, 0.717) is 5.56 Å².